The third kappa shape index (κ3) is 2.62. The third-order valence-corrected chi connectivity index (χ3v) is 3.77. The number of aryl methyl sites for hydroxylation is 1. The van der Waals surface area contributed by atoms with Crippen LogP contribution in [-0.4, -0.2) is 31.1 Å². The second-order valence-corrected chi connectivity index (χ2v) is 4.96. The van der Waals surface area contributed by atoms with Gasteiger partial charge in [0.15, 0.2) is 0 Å². The van der Waals surface area contributed by atoms with Crippen molar-refractivity contribution in [2.45, 2.75) is 19.9 Å². The molecule has 1 N–H and O–H groups in total. The van der Waals surface area contributed by atoms with Crippen LogP contribution in [0.5, 0.6) is 0 Å². The lowest BCUT2D eigenvalue weighted by atomic mass is 10.0. The monoisotopic (exact) mass is 256 g/mol. The number of benzene rings is 1. The van der Waals surface area contributed by atoms with Crippen molar-refractivity contribution in [2.75, 3.05) is 26.2 Å². The fraction of sp³-hybridized carbons (Fsp3) is 0.538. The van der Waals surface area contributed by atoms with Crippen LogP contribution < -0.4 is 5.32 Å². The molecule has 1 aromatic rings. The lowest BCUT2D eigenvalue weighted by Crippen LogP contribution is -2.44. The Morgan fingerprint density at radius 3 is 2.65 bits per heavy atom. The van der Waals surface area contributed by atoms with Gasteiger partial charge in [0.1, 0.15) is 5.82 Å². The van der Waals surface area contributed by atoms with Crippen molar-refractivity contribution in [3.05, 3.63) is 34.1 Å². The van der Waals surface area contributed by atoms with Crippen LogP contribution in [0.25, 0.3) is 0 Å². The largest absolute Gasteiger partial charge is 0.314 e. The first-order chi connectivity index (χ1) is 8.11. The molecule has 1 aliphatic rings. The summed E-state index contributed by atoms with van der Waals surface area (Å²) in [6.07, 6.45) is 0. The van der Waals surface area contributed by atoms with Gasteiger partial charge in [0.05, 0.1) is 0 Å². The number of nitrogens with one attached hydrogen (secondary N) is 1. The van der Waals surface area contributed by atoms with Crippen molar-refractivity contribution in [3.63, 3.8) is 0 Å². The van der Waals surface area contributed by atoms with E-state index in [2.05, 4.69) is 10.2 Å². The van der Waals surface area contributed by atoms with E-state index in [0.29, 0.717) is 16.1 Å². The quantitative estimate of drug-likeness (QED) is 0.875. The summed E-state index contributed by atoms with van der Waals surface area (Å²) in [5.41, 5.74) is 1.29. The average molecular weight is 257 g/mol. The predicted molar refractivity (Wildman–Crippen MR) is 69.0 cm³/mol. The molecule has 1 aromatic carbocycles. The van der Waals surface area contributed by atoms with Gasteiger partial charge in [0.25, 0.3) is 0 Å². The molecule has 1 atom stereocenters. The van der Waals surface area contributed by atoms with E-state index in [9.17, 15) is 4.39 Å². The molecule has 4 heteroatoms. The van der Waals surface area contributed by atoms with Crippen LogP contribution in [0.15, 0.2) is 12.1 Å². The Labute approximate surface area is 107 Å². The molecule has 94 valence electrons. The molecule has 2 nitrogen and oxygen atoms in total. The highest BCUT2D eigenvalue weighted by atomic mass is 35.5. The fourth-order valence-corrected chi connectivity index (χ4v) is 2.62. The Hall–Kier alpha value is -0.640. The zero-order valence-electron chi connectivity index (χ0n) is 10.3. The van der Waals surface area contributed by atoms with Crippen LogP contribution in [0, 0.1) is 12.7 Å². The van der Waals surface area contributed by atoms with E-state index in [-0.39, 0.29) is 11.9 Å². The summed E-state index contributed by atoms with van der Waals surface area (Å²) in [6.45, 7) is 7.58. The molecule has 0 aliphatic carbocycles. The van der Waals surface area contributed by atoms with Gasteiger partial charge in [-0.15, -0.1) is 0 Å². The van der Waals surface area contributed by atoms with Crippen LogP contribution in [-0.2, 0) is 0 Å². The predicted octanol–water partition coefficient (Wildman–Crippen LogP) is 2.75. The van der Waals surface area contributed by atoms with Crippen molar-refractivity contribution in [1.82, 2.24) is 10.2 Å². The van der Waals surface area contributed by atoms with Gasteiger partial charge in [0, 0.05) is 42.8 Å². The SMILES string of the molecule is Cc1ccc(Cl)c([C@@H](C)N2CCNCC2)c1F. The van der Waals surface area contributed by atoms with Crippen LogP contribution in [0.2, 0.25) is 5.02 Å². The van der Waals surface area contributed by atoms with Gasteiger partial charge in [-0.2, -0.15) is 0 Å². The molecule has 0 bridgehead atoms. The molecule has 0 spiro atoms. The van der Waals surface area contributed by atoms with Crippen LogP contribution in [0.3, 0.4) is 0 Å². The van der Waals surface area contributed by atoms with Crippen molar-refractivity contribution < 1.29 is 4.39 Å². The summed E-state index contributed by atoms with van der Waals surface area (Å²) in [7, 11) is 0. The van der Waals surface area contributed by atoms with Crippen molar-refractivity contribution in [1.29, 1.82) is 0 Å². The number of halogens is 2. The maximum absolute atomic E-state index is 14.1. The fourth-order valence-electron chi connectivity index (χ4n) is 2.31. The van der Waals surface area contributed by atoms with E-state index in [1.807, 2.05) is 6.92 Å². The average Bonchev–Trinajstić information content (AvgIpc) is 2.35. The summed E-state index contributed by atoms with van der Waals surface area (Å²) >= 11 is 6.13. The molecule has 0 saturated carbocycles. The third-order valence-electron chi connectivity index (χ3n) is 3.44. The highest BCUT2D eigenvalue weighted by molar-refractivity contribution is 6.31. The topological polar surface area (TPSA) is 15.3 Å². The Morgan fingerprint density at radius 1 is 1.35 bits per heavy atom. The molecule has 17 heavy (non-hydrogen) atoms. The molecule has 0 radical (unpaired) electrons. The first-order valence-electron chi connectivity index (χ1n) is 6.00. The van der Waals surface area contributed by atoms with Gasteiger partial charge < -0.3 is 5.32 Å². The van der Waals surface area contributed by atoms with Crippen molar-refractivity contribution >= 4 is 11.6 Å². The second-order valence-electron chi connectivity index (χ2n) is 4.55. The highest BCUT2D eigenvalue weighted by Gasteiger charge is 2.23. The maximum atomic E-state index is 14.1. The number of nitrogens with zero attached hydrogens (tertiary/aromatic N) is 1. The Bertz CT molecular complexity index is 403. The second kappa shape index (κ2) is 5.34. The lowest BCUT2D eigenvalue weighted by molar-refractivity contribution is 0.182. The Morgan fingerprint density at radius 2 is 2.00 bits per heavy atom. The lowest BCUT2D eigenvalue weighted by Gasteiger charge is -2.33. The standard InChI is InChI=1S/C13H18ClFN2/c1-9-3-4-11(14)12(13(9)15)10(2)17-7-5-16-6-8-17/h3-4,10,16H,5-8H2,1-2H3/t10-/m1/s1. The van der Waals surface area contributed by atoms with Gasteiger partial charge in [-0.05, 0) is 25.5 Å². The molecule has 0 amide bonds. The number of hydrogen-bond donors (Lipinski definition) is 1. The molecule has 0 unspecified atom stereocenters. The summed E-state index contributed by atoms with van der Waals surface area (Å²) in [4.78, 5) is 2.26. The van der Waals surface area contributed by atoms with E-state index in [0.717, 1.165) is 26.2 Å². The Balaban J connectivity index is 2.29. The minimum atomic E-state index is -0.163. The Kier molecular flexibility index (Phi) is 4.02. The van der Waals surface area contributed by atoms with Crippen molar-refractivity contribution in [2.24, 2.45) is 0 Å². The van der Waals surface area contributed by atoms with E-state index in [4.69, 9.17) is 11.6 Å². The van der Waals surface area contributed by atoms with Gasteiger partial charge >= 0.3 is 0 Å². The van der Waals surface area contributed by atoms with Gasteiger partial charge in [-0.1, -0.05) is 17.7 Å². The molecule has 1 saturated heterocycles. The normalized spacial score (nSPS) is 19.3. The molecular weight excluding hydrogens is 239 g/mol. The molecule has 1 heterocycles. The van der Waals surface area contributed by atoms with Gasteiger partial charge in [0.2, 0.25) is 0 Å². The maximum Gasteiger partial charge on any atom is 0.132 e. The zero-order chi connectivity index (χ0) is 12.4. The summed E-state index contributed by atoms with van der Waals surface area (Å²) in [6, 6.07) is 3.55. The molecule has 0 aromatic heterocycles. The van der Waals surface area contributed by atoms with Gasteiger partial charge in [-0.25, -0.2) is 4.39 Å². The summed E-state index contributed by atoms with van der Waals surface area (Å²) in [5, 5.41) is 3.82. The van der Waals surface area contributed by atoms with Gasteiger partial charge in [-0.3, -0.25) is 4.90 Å². The summed E-state index contributed by atoms with van der Waals surface area (Å²) < 4.78 is 14.1. The van der Waals surface area contributed by atoms with Crippen molar-refractivity contribution in [3.8, 4) is 0 Å². The molecule has 1 aliphatic heterocycles. The van der Waals surface area contributed by atoms with Crippen LogP contribution in [0.4, 0.5) is 4.39 Å². The number of rotatable bonds is 2. The molecule has 2 rings (SSSR count). The minimum absolute atomic E-state index is 0.0319. The zero-order valence-corrected chi connectivity index (χ0v) is 11.0. The molecule has 1 fully saturated rings. The highest BCUT2D eigenvalue weighted by Crippen LogP contribution is 2.31. The number of piperazine rings is 1. The van der Waals surface area contributed by atoms with E-state index < -0.39 is 0 Å². The first-order valence-corrected chi connectivity index (χ1v) is 6.38. The van der Waals surface area contributed by atoms with Crippen LogP contribution in [0.1, 0.15) is 24.1 Å². The van der Waals surface area contributed by atoms with E-state index >= 15 is 0 Å². The summed E-state index contributed by atoms with van der Waals surface area (Å²) in [5.74, 6) is -0.163. The van der Waals surface area contributed by atoms with E-state index in [1.165, 1.54) is 0 Å². The number of hydrogen-bond acceptors (Lipinski definition) is 2. The minimum Gasteiger partial charge on any atom is -0.314 e. The van der Waals surface area contributed by atoms with Crippen LogP contribution >= 0.6 is 11.6 Å². The van der Waals surface area contributed by atoms with E-state index in [1.54, 1.807) is 19.1 Å². The molecular formula is C13H18ClFN2. The smallest absolute Gasteiger partial charge is 0.132 e. The first kappa shape index (κ1) is 12.8.